The van der Waals surface area contributed by atoms with Gasteiger partial charge in [0.1, 0.15) is 0 Å². The Labute approximate surface area is 109 Å². The molecule has 2 heterocycles. The van der Waals surface area contributed by atoms with E-state index in [1.54, 1.807) is 0 Å². The molecule has 0 spiro atoms. The molecule has 1 aromatic heterocycles. The first-order chi connectivity index (χ1) is 8.18. The Morgan fingerprint density at radius 3 is 3.00 bits per heavy atom. The molecule has 0 saturated carbocycles. The number of hydrogen-bond acceptors (Lipinski definition) is 3. The fourth-order valence-electron chi connectivity index (χ4n) is 2.49. The molecule has 96 valence electrons. The van der Waals surface area contributed by atoms with E-state index in [4.69, 9.17) is 0 Å². The summed E-state index contributed by atoms with van der Waals surface area (Å²) in [5.74, 6) is 0. The maximum absolute atomic E-state index is 3.48. The van der Waals surface area contributed by atoms with Crippen LogP contribution in [0.4, 0.5) is 0 Å². The number of thiophene rings is 1. The summed E-state index contributed by atoms with van der Waals surface area (Å²) in [6.45, 7) is 9.54. The average Bonchev–Trinajstić information content (AvgIpc) is 2.66. The van der Waals surface area contributed by atoms with Crippen LogP contribution in [0.25, 0.3) is 0 Å². The normalized spacial score (nSPS) is 19.2. The van der Waals surface area contributed by atoms with Gasteiger partial charge in [0.25, 0.3) is 0 Å². The summed E-state index contributed by atoms with van der Waals surface area (Å²) in [7, 11) is 0. The molecule has 0 bridgehead atoms. The van der Waals surface area contributed by atoms with Crippen molar-refractivity contribution in [3.8, 4) is 0 Å². The van der Waals surface area contributed by atoms with Gasteiger partial charge >= 0.3 is 0 Å². The van der Waals surface area contributed by atoms with Crippen molar-refractivity contribution < 1.29 is 0 Å². The highest BCUT2D eigenvalue weighted by Crippen LogP contribution is 2.23. The van der Waals surface area contributed by atoms with Gasteiger partial charge in [-0.25, -0.2) is 0 Å². The molecule has 1 aliphatic heterocycles. The van der Waals surface area contributed by atoms with E-state index in [1.165, 1.54) is 43.8 Å². The number of hydrogen-bond donors (Lipinski definition) is 1. The molecule has 0 radical (unpaired) electrons. The molecule has 1 aliphatic rings. The Balaban J connectivity index is 1.87. The summed E-state index contributed by atoms with van der Waals surface area (Å²) in [6.07, 6.45) is 3.75. The molecule has 0 aliphatic carbocycles. The van der Waals surface area contributed by atoms with E-state index in [2.05, 4.69) is 41.6 Å². The molecule has 0 aromatic carbocycles. The van der Waals surface area contributed by atoms with E-state index in [-0.39, 0.29) is 0 Å². The molecular formula is C14H24N2S. The van der Waals surface area contributed by atoms with Crippen LogP contribution in [-0.2, 0) is 6.42 Å². The highest BCUT2D eigenvalue weighted by Gasteiger charge is 2.26. The second-order valence-corrected chi connectivity index (χ2v) is 6.51. The summed E-state index contributed by atoms with van der Waals surface area (Å²) in [5.41, 5.74) is 0.329. The quantitative estimate of drug-likeness (QED) is 0.886. The van der Waals surface area contributed by atoms with Gasteiger partial charge in [-0.2, -0.15) is 0 Å². The van der Waals surface area contributed by atoms with Crippen molar-refractivity contribution in [3.05, 3.63) is 22.4 Å². The molecule has 2 rings (SSSR count). The van der Waals surface area contributed by atoms with E-state index in [0.29, 0.717) is 5.54 Å². The van der Waals surface area contributed by atoms with Crippen LogP contribution in [0.15, 0.2) is 17.5 Å². The highest BCUT2D eigenvalue weighted by atomic mass is 32.1. The van der Waals surface area contributed by atoms with Gasteiger partial charge in [-0.05, 0) is 57.6 Å². The van der Waals surface area contributed by atoms with Gasteiger partial charge in [0.15, 0.2) is 0 Å². The molecule has 2 nitrogen and oxygen atoms in total. The second-order valence-electron chi connectivity index (χ2n) is 5.48. The van der Waals surface area contributed by atoms with E-state index >= 15 is 0 Å². The van der Waals surface area contributed by atoms with Crippen LogP contribution in [0.3, 0.4) is 0 Å². The predicted molar refractivity (Wildman–Crippen MR) is 75.8 cm³/mol. The SMILES string of the molecule is CC(C)(CCc1cccs1)N1CCCNCC1. The molecule has 0 unspecified atom stereocenters. The molecule has 3 heteroatoms. The van der Waals surface area contributed by atoms with Crippen molar-refractivity contribution in [2.45, 2.75) is 38.6 Å². The maximum Gasteiger partial charge on any atom is 0.0157 e. The molecule has 1 fully saturated rings. The van der Waals surface area contributed by atoms with Crippen LogP contribution in [0.2, 0.25) is 0 Å². The number of aryl methyl sites for hydroxylation is 1. The van der Waals surface area contributed by atoms with Crippen LogP contribution >= 0.6 is 11.3 Å². The van der Waals surface area contributed by atoms with E-state index in [9.17, 15) is 0 Å². The minimum absolute atomic E-state index is 0.329. The van der Waals surface area contributed by atoms with Crippen molar-refractivity contribution in [2.75, 3.05) is 26.2 Å². The van der Waals surface area contributed by atoms with Crippen LogP contribution < -0.4 is 5.32 Å². The molecule has 1 aromatic rings. The van der Waals surface area contributed by atoms with Crippen LogP contribution in [0.5, 0.6) is 0 Å². The van der Waals surface area contributed by atoms with Gasteiger partial charge in [-0.3, -0.25) is 4.90 Å². The Bertz CT molecular complexity index is 311. The lowest BCUT2D eigenvalue weighted by atomic mass is 9.95. The summed E-state index contributed by atoms with van der Waals surface area (Å²) < 4.78 is 0. The van der Waals surface area contributed by atoms with E-state index < -0.39 is 0 Å². The fraction of sp³-hybridized carbons (Fsp3) is 0.714. The molecular weight excluding hydrogens is 228 g/mol. The molecule has 17 heavy (non-hydrogen) atoms. The van der Waals surface area contributed by atoms with Crippen molar-refractivity contribution in [2.24, 2.45) is 0 Å². The Morgan fingerprint density at radius 1 is 1.35 bits per heavy atom. The standard InChI is InChI=1S/C14H24N2S/c1-14(2,7-6-13-5-3-12-17-13)16-10-4-8-15-9-11-16/h3,5,12,15H,4,6-11H2,1-2H3. The molecule has 1 saturated heterocycles. The summed E-state index contributed by atoms with van der Waals surface area (Å²) >= 11 is 1.88. The van der Waals surface area contributed by atoms with Crippen molar-refractivity contribution in [3.63, 3.8) is 0 Å². The minimum Gasteiger partial charge on any atom is -0.315 e. The Kier molecular flexibility index (Phi) is 4.60. The largest absolute Gasteiger partial charge is 0.315 e. The lowest BCUT2D eigenvalue weighted by Gasteiger charge is -2.38. The van der Waals surface area contributed by atoms with Crippen LogP contribution in [0.1, 0.15) is 31.6 Å². The fourth-order valence-corrected chi connectivity index (χ4v) is 3.20. The predicted octanol–water partition coefficient (Wildman–Crippen LogP) is 2.75. The van der Waals surface area contributed by atoms with E-state index in [0.717, 1.165) is 6.54 Å². The maximum atomic E-state index is 3.48. The first-order valence-corrected chi connectivity index (χ1v) is 7.55. The third kappa shape index (κ3) is 3.80. The monoisotopic (exact) mass is 252 g/mol. The topological polar surface area (TPSA) is 15.3 Å². The smallest absolute Gasteiger partial charge is 0.0157 e. The average molecular weight is 252 g/mol. The van der Waals surface area contributed by atoms with Gasteiger partial charge in [0.2, 0.25) is 0 Å². The number of nitrogens with one attached hydrogen (secondary N) is 1. The van der Waals surface area contributed by atoms with E-state index in [1.807, 2.05) is 11.3 Å². The number of nitrogens with zero attached hydrogens (tertiary/aromatic N) is 1. The lowest BCUT2D eigenvalue weighted by molar-refractivity contribution is 0.120. The third-order valence-electron chi connectivity index (χ3n) is 3.76. The zero-order valence-electron chi connectivity index (χ0n) is 11.0. The van der Waals surface area contributed by atoms with Crippen molar-refractivity contribution in [1.82, 2.24) is 10.2 Å². The van der Waals surface area contributed by atoms with Crippen LogP contribution in [-0.4, -0.2) is 36.6 Å². The summed E-state index contributed by atoms with van der Waals surface area (Å²) in [5, 5.41) is 5.66. The zero-order chi connectivity index (χ0) is 12.1. The summed E-state index contributed by atoms with van der Waals surface area (Å²) in [4.78, 5) is 4.17. The van der Waals surface area contributed by atoms with Gasteiger partial charge in [-0.1, -0.05) is 6.07 Å². The van der Waals surface area contributed by atoms with Gasteiger partial charge in [0.05, 0.1) is 0 Å². The zero-order valence-corrected chi connectivity index (χ0v) is 11.9. The Hall–Kier alpha value is -0.380. The van der Waals surface area contributed by atoms with Crippen LogP contribution in [0, 0.1) is 0 Å². The summed E-state index contributed by atoms with van der Waals surface area (Å²) in [6, 6.07) is 4.41. The highest BCUT2D eigenvalue weighted by molar-refractivity contribution is 7.09. The first kappa shape index (κ1) is 13.1. The third-order valence-corrected chi connectivity index (χ3v) is 4.70. The molecule has 0 atom stereocenters. The van der Waals surface area contributed by atoms with Gasteiger partial charge < -0.3 is 5.32 Å². The molecule has 1 N–H and O–H groups in total. The van der Waals surface area contributed by atoms with Crippen molar-refractivity contribution in [1.29, 1.82) is 0 Å². The number of rotatable bonds is 4. The van der Waals surface area contributed by atoms with Gasteiger partial charge in [0, 0.05) is 23.5 Å². The minimum atomic E-state index is 0.329. The molecule has 0 amide bonds. The van der Waals surface area contributed by atoms with Crippen molar-refractivity contribution >= 4 is 11.3 Å². The second kappa shape index (κ2) is 5.98. The lowest BCUT2D eigenvalue weighted by Crippen LogP contribution is -2.45. The first-order valence-electron chi connectivity index (χ1n) is 6.67. The van der Waals surface area contributed by atoms with Gasteiger partial charge in [-0.15, -0.1) is 11.3 Å². The Morgan fingerprint density at radius 2 is 2.24 bits per heavy atom.